The van der Waals surface area contributed by atoms with Crippen LogP contribution in [-0.2, 0) is 13.5 Å². The van der Waals surface area contributed by atoms with Crippen LogP contribution in [0.3, 0.4) is 0 Å². The number of nitrogens with zero attached hydrogens (tertiary/aromatic N) is 3. The Morgan fingerprint density at radius 2 is 2.04 bits per heavy atom. The van der Waals surface area contributed by atoms with E-state index in [0.29, 0.717) is 6.04 Å². The van der Waals surface area contributed by atoms with E-state index in [2.05, 4.69) is 51.2 Å². The van der Waals surface area contributed by atoms with Crippen molar-refractivity contribution in [1.82, 2.24) is 14.9 Å². The zero-order valence-electron chi connectivity index (χ0n) is 15.2. The molecule has 0 bridgehead atoms. The van der Waals surface area contributed by atoms with Gasteiger partial charge in [0.15, 0.2) is 0 Å². The van der Waals surface area contributed by atoms with Crippen LogP contribution in [-0.4, -0.2) is 35.2 Å². The number of aromatic nitrogens is 2. The highest BCUT2D eigenvalue weighted by atomic mass is 35.5. The number of fused-ring (bicyclic) bond motifs is 1. The molecule has 3 aromatic rings. The third kappa shape index (κ3) is 3.71. The first kappa shape index (κ1) is 17.4. The third-order valence-electron chi connectivity index (χ3n) is 5.33. The van der Waals surface area contributed by atoms with Gasteiger partial charge in [-0.1, -0.05) is 23.7 Å². The Morgan fingerprint density at radius 1 is 1.19 bits per heavy atom. The van der Waals surface area contributed by atoms with Crippen molar-refractivity contribution in [2.75, 3.05) is 24.5 Å². The molecule has 0 aliphatic carbocycles. The molecule has 4 nitrogen and oxygen atoms in total. The smallest absolute Gasteiger partial charge is 0.128 e. The Balaban J connectivity index is 1.30. The fraction of sp³-hybridized carbons (Fsp3) is 0.381. The Morgan fingerprint density at radius 3 is 2.81 bits per heavy atom. The van der Waals surface area contributed by atoms with Crippen molar-refractivity contribution in [2.24, 2.45) is 7.05 Å². The molecule has 1 N–H and O–H groups in total. The topological polar surface area (TPSA) is 33.1 Å². The lowest BCUT2D eigenvalue weighted by Crippen LogP contribution is -2.43. The molecule has 4 rings (SSSR count). The van der Waals surface area contributed by atoms with Crippen LogP contribution in [0.25, 0.3) is 10.9 Å². The Hall–Kier alpha value is -2.04. The fourth-order valence-corrected chi connectivity index (χ4v) is 4.07. The van der Waals surface area contributed by atoms with Crippen LogP contribution >= 0.6 is 11.6 Å². The SMILES string of the molecule is Cn1cc(CCNC2CCN(c3ccccn3)CC2)c2ccc(Cl)cc21. The van der Waals surface area contributed by atoms with Gasteiger partial charge in [0.2, 0.25) is 0 Å². The summed E-state index contributed by atoms with van der Waals surface area (Å²) in [5.41, 5.74) is 2.59. The molecule has 1 aliphatic heterocycles. The molecular weight excluding hydrogens is 344 g/mol. The number of hydrogen-bond acceptors (Lipinski definition) is 3. The molecule has 3 heterocycles. The quantitative estimate of drug-likeness (QED) is 0.738. The number of anilines is 1. The first-order chi connectivity index (χ1) is 12.7. The lowest BCUT2D eigenvalue weighted by atomic mass is 10.0. The predicted molar refractivity (Wildman–Crippen MR) is 109 cm³/mol. The summed E-state index contributed by atoms with van der Waals surface area (Å²) in [4.78, 5) is 6.84. The van der Waals surface area contributed by atoms with Gasteiger partial charge in [-0.25, -0.2) is 4.98 Å². The van der Waals surface area contributed by atoms with E-state index < -0.39 is 0 Å². The van der Waals surface area contributed by atoms with Crippen molar-refractivity contribution in [3.63, 3.8) is 0 Å². The summed E-state index contributed by atoms with van der Waals surface area (Å²) in [5, 5.41) is 5.85. The number of hydrogen-bond donors (Lipinski definition) is 1. The zero-order valence-corrected chi connectivity index (χ0v) is 15.9. The average molecular weight is 369 g/mol. The zero-order chi connectivity index (χ0) is 17.9. The number of nitrogens with one attached hydrogen (secondary N) is 1. The maximum absolute atomic E-state index is 6.13. The molecule has 0 spiro atoms. The molecular formula is C21H25ClN4. The van der Waals surface area contributed by atoms with E-state index in [9.17, 15) is 0 Å². The van der Waals surface area contributed by atoms with E-state index in [1.807, 2.05) is 24.4 Å². The van der Waals surface area contributed by atoms with Crippen molar-refractivity contribution in [3.05, 3.63) is 59.4 Å². The number of pyridine rings is 1. The van der Waals surface area contributed by atoms with Crippen LogP contribution in [0.4, 0.5) is 5.82 Å². The van der Waals surface area contributed by atoms with Gasteiger partial charge in [0, 0.05) is 54.5 Å². The van der Waals surface area contributed by atoms with E-state index in [1.165, 1.54) is 29.3 Å². The summed E-state index contributed by atoms with van der Waals surface area (Å²) in [7, 11) is 2.09. The monoisotopic (exact) mass is 368 g/mol. The van der Waals surface area contributed by atoms with Crippen molar-refractivity contribution in [1.29, 1.82) is 0 Å². The minimum Gasteiger partial charge on any atom is -0.357 e. The summed E-state index contributed by atoms with van der Waals surface area (Å²) in [6.07, 6.45) is 7.48. The second kappa shape index (κ2) is 7.68. The van der Waals surface area contributed by atoms with Gasteiger partial charge < -0.3 is 14.8 Å². The number of benzene rings is 1. The van der Waals surface area contributed by atoms with Crippen molar-refractivity contribution in [3.8, 4) is 0 Å². The molecule has 1 fully saturated rings. The number of rotatable bonds is 5. The normalized spacial score (nSPS) is 15.7. The first-order valence-corrected chi connectivity index (χ1v) is 9.71. The molecule has 1 saturated heterocycles. The van der Waals surface area contributed by atoms with E-state index in [4.69, 9.17) is 11.6 Å². The minimum atomic E-state index is 0.597. The van der Waals surface area contributed by atoms with E-state index in [-0.39, 0.29) is 0 Å². The molecule has 0 radical (unpaired) electrons. The Kier molecular flexibility index (Phi) is 5.14. The van der Waals surface area contributed by atoms with Gasteiger partial charge in [0.1, 0.15) is 5.82 Å². The molecule has 1 aliphatic rings. The van der Waals surface area contributed by atoms with Crippen LogP contribution in [0.1, 0.15) is 18.4 Å². The number of aryl methyl sites for hydroxylation is 1. The average Bonchev–Trinajstić information content (AvgIpc) is 2.98. The van der Waals surface area contributed by atoms with Gasteiger partial charge in [0.25, 0.3) is 0 Å². The van der Waals surface area contributed by atoms with Gasteiger partial charge in [-0.05, 0) is 55.6 Å². The van der Waals surface area contributed by atoms with Gasteiger partial charge in [-0.2, -0.15) is 0 Å². The standard InChI is InChI=1S/C21H25ClN4/c1-25-15-16(19-6-5-17(22)14-20(19)25)7-11-23-18-8-12-26(13-9-18)21-4-2-3-10-24-21/h2-6,10,14-15,18,23H,7-9,11-13H2,1H3. The van der Waals surface area contributed by atoms with Gasteiger partial charge >= 0.3 is 0 Å². The van der Waals surface area contributed by atoms with Crippen LogP contribution in [0.5, 0.6) is 0 Å². The second-order valence-electron chi connectivity index (χ2n) is 7.08. The molecule has 0 atom stereocenters. The predicted octanol–water partition coefficient (Wildman–Crippen LogP) is 4.03. The molecule has 5 heteroatoms. The van der Waals surface area contributed by atoms with Crippen molar-refractivity contribution in [2.45, 2.75) is 25.3 Å². The van der Waals surface area contributed by atoms with Crippen LogP contribution < -0.4 is 10.2 Å². The molecule has 26 heavy (non-hydrogen) atoms. The minimum absolute atomic E-state index is 0.597. The van der Waals surface area contributed by atoms with E-state index in [0.717, 1.165) is 36.9 Å². The lowest BCUT2D eigenvalue weighted by Gasteiger charge is -2.33. The lowest BCUT2D eigenvalue weighted by molar-refractivity contribution is 0.416. The second-order valence-corrected chi connectivity index (χ2v) is 7.52. The van der Waals surface area contributed by atoms with Crippen LogP contribution in [0.15, 0.2) is 48.8 Å². The van der Waals surface area contributed by atoms with E-state index in [1.54, 1.807) is 0 Å². The largest absolute Gasteiger partial charge is 0.357 e. The van der Waals surface area contributed by atoms with Gasteiger partial charge in [-0.3, -0.25) is 0 Å². The summed E-state index contributed by atoms with van der Waals surface area (Å²) < 4.78 is 2.17. The molecule has 0 unspecified atom stereocenters. The number of piperidine rings is 1. The maximum atomic E-state index is 6.13. The van der Waals surface area contributed by atoms with Gasteiger partial charge in [0.05, 0.1) is 0 Å². The van der Waals surface area contributed by atoms with Crippen molar-refractivity contribution >= 4 is 28.3 Å². The third-order valence-corrected chi connectivity index (χ3v) is 5.57. The van der Waals surface area contributed by atoms with Crippen LogP contribution in [0, 0.1) is 0 Å². The molecule has 0 saturated carbocycles. The summed E-state index contributed by atoms with van der Waals surface area (Å²) in [6.45, 7) is 3.15. The first-order valence-electron chi connectivity index (χ1n) is 9.33. The molecule has 136 valence electrons. The Bertz CT molecular complexity index is 866. The van der Waals surface area contributed by atoms with Crippen LogP contribution in [0.2, 0.25) is 5.02 Å². The highest BCUT2D eigenvalue weighted by Gasteiger charge is 2.19. The highest BCUT2D eigenvalue weighted by molar-refractivity contribution is 6.31. The highest BCUT2D eigenvalue weighted by Crippen LogP contribution is 2.24. The number of halogens is 1. The maximum Gasteiger partial charge on any atom is 0.128 e. The summed E-state index contributed by atoms with van der Waals surface area (Å²) >= 11 is 6.13. The molecule has 0 amide bonds. The van der Waals surface area contributed by atoms with Gasteiger partial charge in [-0.15, -0.1) is 0 Å². The summed E-state index contributed by atoms with van der Waals surface area (Å²) in [6, 6.07) is 12.9. The molecule has 1 aromatic carbocycles. The summed E-state index contributed by atoms with van der Waals surface area (Å²) in [5.74, 6) is 1.10. The van der Waals surface area contributed by atoms with E-state index >= 15 is 0 Å². The van der Waals surface area contributed by atoms with Crippen molar-refractivity contribution < 1.29 is 0 Å². The fourth-order valence-electron chi connectivity index (χ4n) is 3.90. The molecule has 2 aromatic heterocycles. The Labute approximate surface area is 159 Å².